The van der Waals surface area contributed by atoms with E-state index in [4.69, 9.17) is 0 Å². The molecule has 1 unspecified atom stereocenters. The van der Waals surface area contributed by atoms with Crippen LogP contribution in [0.2, 0.25) is 0 Å². The minimum atomic E-state index is -0.401. The molecule has 0 spiro atoms. The average molecular weight is 289 g/mol. The second-order valence-corrected chi connectivity index (χ2v) is 4.92. The third-order valence-corrected chi connectivity index (χ3v) is 3.52. The number of amides is 1. The molecular formula is C14H19N5O2. The fraction of sp³-hybridized carbons (Fsp3) is 0.429. The molecule has 0 saturated heterocycles. The zero-order valence-corrected chi connectivity index (χ0v) is 12.6. The second-order valence-electron chi connectivity index (χ2n) is 4.92. The Kier molecular flexibility index (Phi) is 4.21. The highest BCUT2D eigenvalue weighted by molar-refractivity contribution is 5.95. The summed E-state index contributed by atoms with van der Waals surface area (Å²) in [5, 5.41) is 6.92. The lowest BCUT2D eigenvalue weighted by Crippen LogP contribution is -2.37. The van der Waals surface area contributed by atoms with Gasteiger partial charge in [-0.1, -0.05) is 6.92 Å². The van der Waals surface area contributed by atoms with Crippen LogP contribution in [0, 0.1) is 13.8 Å². The lowest BCUT2D eigenvalue weighted by molar-refractivity contribution is 0.0930. The van der Waals surface area contributed by atoms with Crippen molar-refractivity contribution in [2.45, 2.75) is 33.2 Å². The number of nitrogens with one attached hydrogen (secondary N) is 2. The van der Waals surface area contributed by atoms with Crippen LogP contribution in [0.5, 0.6) is 0 Å². The van der Waals surface area contributed by atoms with Crippen molar-refractivity contribution in [1.29, 1.82) is 0 Å². The maximum absolute atomic E-state index is 12.5. The molecule has 1 atom stereocenters. The molecule has 2 N–H and O–H groups in total. The predicted molar refractivity (Wildman–Crippen MR) is 78.0 cm³/mol. The zero-order chi connectivity index (χ0) is 15.6. The highest BCUT2D eigenvalue weighted by Crippen LogP contribution is 2.13. The summed E-state index contributed by atoms with van der Waals surface area (Å²) in [6, 6.07) is -0.259. The maximum atomic E-state index is 12.5. The Morgan fingerprint density at radius 2 is 2.19 bits per heavy atom. The van der Waals surface area contributed by atoms with E-state index in [1.54, 1.807) is 26.2 Å². The van der Waals surface area contributed by atoms with Gasteiger partial charge in [0.1, 0.15) is 11.4 Å². The number of aromatic nitrogens is 4. The largest absolute Gasteiger partial charge is 0.347 e. The molecule has 2 heterocycles. The summed E-state index contributed by atoms with van der Waals surface area (Å²) >= 11 is 0. The van der Waals surface area contributed by atoms with Gasteiger partial charge in [-0.15, -0.1) is 0 Å². The number of nitrogens with zero attached hydrogens (tertiary/aromatic N) is 3. The summed E-state index contributed by atoms with van der Waals surface area (Å²) in [6.45, 7) is 5.44. The Bertz CT molecular complexity index is 703. The van der Waals surface area contributed by atoms with Crippen LogP contribution in [0.15, 0.2) is 17.2 Å². The van der Waals surface area contributed by atoms with Crippen molar-refractivity contribution < 1.29 is 4.79 Å². The molecule has 112 valence electrons. The molecule has 0 fully saturated rings. The van der Waals surface area contributed by atoms with E-state index in [0.717, 1.165) is 0 Å². The molecule has 0 aliphatic carbocycles. The number of aromatic amines is 1. The molecule has 0 bridgehead atoms. The van der Waals surface area contributed by atoms with E-state index in [1.165, 1.54) is 11.7 Å². The van der Waals surface area contributed by atoms with Crippen LogP contribution in [0.4, 0.5) is 0 Å². The summed E-state index contributed by atoms with van der Waals surface area (Å²) in [4.78, 5) is 31.7. The van der Waals surface area contributed by atoms with E-state index in [9.17, 15) is 9.59 Å². The van der Waals surface area contributed by atoms with Crippen LogP contribution in [-0.4, -0.2) is 25.7 Å². The minimum Gasteiger partial charge on any atom is -0.347 e. The first-order chi connectivity index (χ1) is 9.95. The smallest absolute Gasteiger partial charge is 0.279 e. The molecule has 2 aromatic rings. The van der Waals surface area contributed by atoms with Crippen LogP contribution < -0.4 is 10.9 Å². The van der Waals surface area contributed by atoms with Gasteiger partial charge in [-0.3, -0.25) is 9.59 Å². The molecule has 0 aliphatic rings. The Morgan fingerprint density at radius 1 is 1.48 bits per heavy atom. The quantitative estimate of drug-likeness (QED) is 0.878. The first-order valence-corrected chi connectivity index (χ1v) is 6.80. The van der Waals surface area contributed by atoms with E-state index in [0.29, 0.717) is 23.5 Å². The second kappa shape index (κ2) is 5.90. The summed E-state index contributed by atoms with van der Waals surface area (Å²) in [5.41, 5.74) is 0.998. The van der Waals surface area contributed by atoms with Crippen LogP contribution in [0.3, 0.4) is 0 Å². The fourth-order valence-corrected chi connectivity index (χ4v) is 2.18. The van der Waals surface area contributed by atoms with Gasteiger partial charge in [0.15, 0.2) is 0 Å². The molecule has 1 amide bonds. The molecule has 2 rings (SSSR count). The Balaban J connectivity index is 2.35. The number of aryl methyl sites for hydroxylation is 2. The number of H-pyrrole nitrogens is 1. The van der Waals surface area contributed by atoms with Gasteiger partial charge in [0, 0.05) is 19.4 Å². The van der Waals surface area contributed by atoms with E-state index in [2.05, 4.69) is 20.4 Å². The SMILES string of the molecule is CCC(NC(=O)c1c(C)c(C)nn(C)c1=O)c1ncc[nH]1. The summed E-state index contributed by atoms with van der Waals surface area (Å²) < 4.78 is 1.19. The van der Waals surface area contributed by atoms with Gasteiger partial charge in [0.25, 0.3) is 11.5 Å². The molecule has 2 aromatic heterocycles. The van der Waals surface area contributed by atoms with E-state index in [1.807, 2.05) is 6.92 Å². The third kappa shape index (κ3) is 2.86. The van der Waals surface area contributed by atoms with Crippen molar-refractivity contribution >= 4 is 5.91 Å². The fourth-order valence-electron chi connectivity index (χ4n) is 2.18. The van der Waals surface area contributed by atoms with Crippen molar-refractivity contribution in [3.05, 3.63) is 45.4 Å². The average Bonchev–Trinajstić information content (AvgIpc) is 2.97. The van der Waals surface area contributed by atoms with Crippen molar-refractivity contribution in [3.8, 4) is 0 Å². The zero-order valence-electron chi connectivity index (χ0n) is 12.6. The van der Waals surface area contributed by atoms with Crippen LogP contribution in [0.25, 0.3) is 0 Å². The van der Waals surface area contributed by atoms with E-state index in [-0.39, 0.29) is 11.6 Å². The highest BCUT2D eigenvalue weighted by Gasteiger charge is 2.21. The lowest BCUT2D eigenvalue weighted by Gasteiger charge is -2.16. The third-order valence-electron chi connectivity index (χ3n) is 3.52. The Morgan fingerprint density at radius 3 is 2.76 bits per heavy atom. The summed E-state index contributed by atoms with van der Waals surface area (Å²) in [7, 11) is 1.54. The summed E-state index contributed by atoms with van der Waals surface area (Å²) in [6.07, 6.45) is 4.00. The predicted octanol–water partition coefficient (Wildman–Crippen LogP) is 1.00. The van der Waals surface area contributed by atoms with Gasteiger partial charge in [-0.05, 0) is 25.8 Å². The topological polar surface area (TPSA) is 92.7 Å². The van der Waals surface area contributed by atoms with Crippen molar-refractivity contribution in [2.24, 2.45) is 7.05 Å². The molecular weight excluding hydrogens is 270 g/mol. The number of hydrogen-bond acceptors (Lipinski definition) is 4. The molecule has 0 saturated carbocycles. The summed E-state index contributed by atoms with van der Waals surface area (Å²) in [5.74, 6) is 0.271. The molecule has 0 aliphatic heterocycles. The molecule has 21 heavy (non-hydrogen) atoms. The van der Waals surface area contributed by atoms with E-state index >= 15 is 0 Å². The molecule has 0 radical (unpaired) electrons. The normalized spacial score (nSPS) is 12.2. The van der Waals surface area contributed by atoms with Gasteiger partial charge >= 0.3 is 0 Å². The Hall–Kier alpha value is -2.44. The van der Waals surface area contributed by atoms with Crippen LogP contribution in [-0.2, 0) is 7.05 Å². The molecule has 0 aromatic carbocycles. The van der Waals surface area contributed by atoms with Crippen LogP contribution >= 0.6 is 0 Å². The Labute approximate surface area is 122 Å². The van der Waals surface area contributed by atoms with Gasteiger partial charge in [0.05, 0.1) is 11.7 Å². The van der Waals surface area contributed by atoms with Gasteiger partial charge in [0.2, 0.25) is 0 Å². The molecule has 7 heteroatoms. The number of carbonyl (C=O) groups excluding carboxylic acids is 1. The first kappa shape index (κ1) is 15.0. The van der Waals surface area contributed by atoms with Gasteiger partial charge in [-0.25, -0.2) is 9.67 Å². The molecule has 7 nitrogen and oxygen atoms in total. The standard InChI is InChI=1S/C14H19N5O2/c1-5-10(12-15-6-7-16-12)17-13(20)11-8(2)9(3)18-19(4)14(11)21/h6-7,10H,5H2,1-4H3,(H,15,16)(H,17,20). The van der Waals surface area contributed by atoms with Crippen molar-refractivity contribution in [2.75, 3.05) is 0 Å². The lowest BCUT2D eigenvalue weighted by atomic mass is 10.1. The number of imidazole rings is 1. The first-order valence-electron chi connectivity index (χ1n) is 6.80. The van der Waals surface area contributed by atoms with Crippen LogP contribution in [0.1, 0.15) is 46.8 Å². The highest BCUT2D eigenvalue weighted by atomic mass is 16.2. The minimum absolute atomic E-state index is 0.134. The van der Waals surface area contributed by atoms with Crippen molar-refractivity contribution in [1.82, 2.24) is 25.1 Å². The van der Waals surface area contributed by atoms with Gasteiger partial charge < -0.3 is 10.3 Å². The number of rotatable bonds is 4. The number of carbonyl (C=O) groups is 1. The van der Waals surface area contributed by atoms with E-state index < -0.39 is 11.5 Å². The maximum Gasteiger partial charge on any atom is 0.279 e. The number of hydrogen-bond donors (Lipinski definition) is 2. The van der Waals surface area contributed by atoms with Crippen molar-refractivity contribution in [3.63, 3.8) is 0 Å². The van der Waals surface area contributed by atoms with Gasteiger partial charge in [-0.2, -0.15) is 5.10 Å². The monoisotopic (exact) mass is 289 g/mol.